The third-order valence-electron chi connectivity index (χ3n) is 3.22. The Labute approximate surface area is 110 Å². The molecule has 0 bridgehead atoms. The summed E-state index contributed by atoms with van der Waals surface area (Å²) in [5.74, 6) is 1.88. The average molecular weight is 264 g/mol. The van der Waals surface area contributed by atoms with Gasteiger partial charge in [0.15, 0.2) is 5.69 Å². The first-order valence-corrected chi connectivity index (χ1v) is 6.27. The van der Waals surface area contributed by atoms with Gasteiger partial charge in [0.1, 0.15) is 0 Å². The van der Waals surface area contributed by atoms with Crippen LogP contribution in [0.3, 0.4) is 0 Å². The minimum atomic E-state index is 0.195. The quantitative estimate of drug-likeness (QED) is 0.833. The van der Waals surface area contributed by atoms with Crippen molar-refractivity contribution >= 4 is 0 Å². The van der Waals surface area contributed by atoms with Crippen molar-refractivity contribution < 1.29 is 13.9 Å². The highest BCUT2D eigenvalue weighted by molar-refractivity contribution is 5.48. The maximum absolute atomic E-state index is 5.69. The van der Waals surface area contributed by atoms with Crippen LogP contribution in [-0.2, 0) is 11.8 Å². The monoisotopic (exact) mass is 264 g/mol. The fourth-order valence-electron chi connectivity index (χ4n) is 2.18. The van der Waals surface area contributed by atoms with E-state index >= 15 is 0 Å². The largest absolute Gasteiger partial charge is 0.481 e. The lowest BCUT2D eigenvalue weighted by atomic mass is 10.0. The number of nitrogens with zero attached hydrogens (tertiary/aromatic N) is 4. The van der Waals surface area contributed by atoms with Crippen molar-refractivity contribution in [2.75, 3.05) is 20.3 Å². The van der Waals surface area contributed by atoms with Gasteiger partial charge in [-0.25, -0.2) is 4.68 Å². The molecule has 19 heavy (non-hydrogen) atoms. The van der Waals surface area contributed by atoms with Crippen molar-refractivity contribution in [2.45, 2.75) is 18.8 Å². The molecule has 0 aliphatic carbocycles. The van der Waals surface area contributed by atoms with Crippen molar-refractivity contribution in [3.05, 3.63) is 12.0 Å². The molecule has 7 nitrogen and oxygen atoms in total. The molecule has 1 fully saturated rings. The normalized spacial score (nSPS) is 19.6. The highest BCUT2D eigenvalue weighted by Gasteiger charge is 2.23. The Hall–Kier alpha value is -1.89. The number of aromatic nitrogens is 4. The molecular formula is C12H16N4O3. The first-order valence-electron chi connectivity index (χ1n) is 6.27. The molecule has 0 aromatic carbocycles. The van der Waals surface area contributed by atoms with Crippen LogP contribution in [0.5, 0.6) is 5.88 Å². The molecule has 7 heteroatoms. The Balaban J connectivity index is 1.83. The predicted octanol–water partition coefficient (Wildman–Crippen LogP) is 1.37. The molecule has 1 aliphatic heterocycles. The lowest BCUT2D eigenvalue weighted by molar-refractivity contribution is 0.0727. The second kappa shape index (κ2) is 5.00. The molecule has 0 N–H and O–H groups in total. The van der Waals surface area contributed by atoms with Gasteiger partial charge in [-0.3, -0.25) is 0 Å². The summed E-state index contributed by atoms with van der Waals surface area (Å²) in [6.45, 7) is 1.46. The number of aryl methyl sites for hydroxylation is 1. The number of hydrogen-bond donors (Lipinski definition) is 0. The van der Waals surface area contributed by atoms with Crippen LogP contribution in [0.2, 0.25) is 0 Å². The van der Waals surface area contributed by atoms with E-state index in [1.54, 1.807) is 24.9 Å². The summed E-state index contributed by atoms with van der Waals surface area (Å²) >= 11 is 0. The van der Waals surface area contributed by atoms with Crippen molar-refractivity contribution in [2.24, 2.45) is 7.05 Å². The number of hydrogen-bond acceptors (Lipinski definition) is 6. The van der Waals surface area contributed by atoms with Gasteiger partial charge >= 0.3 is 0 Å². The third kappa shape index (κ3) is 2.33. The Morgan fingerprint density at radius 3 is 3.00 bits per heavy atom. The van der Waals surface area contributed by atoms with Crippen LogP contribution >= 0.6 is 0 Å². The minimum absolute atomic E-state index is 0.195. The van der Waals surface area contributed by atoms with Crippen LogP contribution in [0.4, 0.5) is 0 Å². The molecule has 0 amide bonds. The predicted molar refractivity (Wildman–Crippen MR) is 65.8 cm³/mol. The fourth-order valence-corrected chi connectivity index (χ4v) is 2.18. The van der Waals surface area contributed by atoms with Crippen LogP contribution in [0.15, 0.2) is 10.5 Å². The Kier molecular flexibility index (Phi) is 3.20. The summed E-state index contributed by atoms with van der Waals surface area (Å²) in [6, 6.07) is 1.77. The van der Waals surface area contributed by atoms with Gasteiger partial charge in [0, 0.05) is 19.7 Å². The number of ether oxygens (including phenoxy) is 2. The Bertz CT molecular complexity index is 557. The summed E-state index contributed by atoms with van der Waals surface area (Å²) in [5, 5.41) is 12.4. The summed E-state index contributed by atoms with van der Waals surface area (Å²) < 4.78 is 17.9. The van der Waals surface area contributed by atoms with Gasteiger partial charge in [0.25, 0.3) is 5.89 Å². The van der Waals surface area contributed by atoms with Gasteiger partial charge in [-0.05, 0) is 12.8 Å². The van der Waals surface area contributed by atoms with Gasteiger partial charge in [0.2, 0.25) is 11.8 Å². The molecule has 3 rings (SSSR count). The molecule has 3 heterocycles. The van der Waals surface area contributed by atoms with E-state index in [1.165, 1.54) is 0 Å². The lowest BCUT2D eigenvalue weighted by Gasteiger charge is -2.18. The summed E-state index contributed by atoms with van der Waals surface area (Å²) in [5.41, 5.74) is 0.620. The Morgan fingerprint density at radius 1 is 1.42 bits per heavy atom. The van der Waals surface area contributed by atoms with Gasteiger partial charge in [0.05, 0.1) is 19.6 Å². The molecule has 0 spiro atoms. The molecule has 1 saturated heterocycles. The van der Waals surface area contributed by atoms with E-state index in [9.17, 15) is 0 Å². The van der Waals surface area contributed by atoms with Crippen LogP contribution in [0.25, 0.3) is 11.6 Å². The molecule has 1 aliphatic rings. The first-order chi connectivity index (χ1) is 9.28. The lowest BCUT2D eigenvalue weighted by Crippen LogP contribution is -2.15. The van der Waals surface area contributed by atoms with Crippen molar-refractivity contribution in [3.8, 4) is 17.5 Å². The van der Waals surface area contributed by atoms with Gasteiger partial charge in [-0.15, -0.1) is 10.2 Å². The van der Waals surface area contributed by atoms with Crippen LogP contribution < -0.4 is 4.74 Å². The van der Waals surface area contributed by atoms with Crippen molar-refractivity contribution in [1.29, 1.82) is 0 Å². The number of methoxy groups -OCH3 is 1. The van der Waals surface area contributed by atoms with E-state index in [0.717, 1.165) is 19.4 Å². The van der Waals surface area contributed by atoms with E-state index in [1.807, 2.05) is 0 Å². The highest BCUT2D eigenvalue weighted by atomic mass is 16.5. The zero-order valence-electron chi connectivity index (χ0n) is 11.0. The van der Waals surface area contributed by atoms with Crippen molar-refractivity contribution in [3.63, 3.8) is 0 Å². The molecular weight excluding hydrogens is 248 g/mol. The molecule has 2 aromatic heterocycles. The van der Waals surface area contributed by atoms with Gasteiger partial charge in [-0.2, -0.15) is 5.10 Å². The standard InChI is InChI=1S/C12H16N4O3/c1-16-10(17-2)6-9(15-16)12-14-13-11(19-12)8-4-3-5-18-7-8/h6,8H,3-5,7H2,1-2H3. The molecule has 2 aromatic rings. The van der Waals surface area contributed by atoms with E-state index < -0.39 is 0 Å². The maximum Gasteiger partial charge on any atom is 0.268 e. The minimum Gasteiger partial charge on any atom is -0.481 e. The van der Waals surface area contributed by atoms with Gasteiger partial charge < -0.3 is 13.9 Å². The van der Waals surface area contributed by atoms with E-state index in [-0.39, 0.29) is 5.92 Å². The second-order valence-corrected chi connectivity index (χ2v) is 4.56. The molecule has 1 atom stereocenters. The zero-order valence-corrected chi connectivity index (χ0v) is 11.0. The zero-order chi connectivity index (χ0) is 13.2. The molecule has 0 saturated carbocycles. The van der Waals surface area contributed by atoms with Crippen molar-refractivity contribution in [1.82, 2.24) is 20.0 Å². The summed E-state index contributed by atoms with van der Waals surface area (Å²) in [4.78, 5) is 0. The summed E-state index contributed by atoms with van der Waals surface area (Å²) in [6.07, 6.45) is 2.05. The van der Waals surface area contributed by atoms with Gasteiger partial charge in [-0.1, -0.05) is 0 Å². The molecule has 0 radical (unpaired) electrons. The maximum atomic E-state index is 5.69. The SMILES string of the molecule is COc1cc(-c2nnc(C3CCCOC3)o2)nn1C. The topological polar surface area (TPSA) is 75.2 Å². The summed E-state index contributed by atoms with van der Waals surface area (Å²) in [7, 11) is 3.40. The van der Waals surface area contributed by atoms with Crippen LogP contribution in [0, 0.1) is 0 Å². The average Bonchev–Trinajstić information content (AvgIpc) is 3.06. The first kappa shape index (κ1) is 12.2. The smallest absolute Gasteiger partial charge is 0.268 e. The van der Waals surface area contributed by atoms with E-state index in [2.05, 4.69) is 15.3 Å². The second-order valence-electron chi connectivity index (χ2n) is 4.56. The molecule has 1 unspecified atom stereocenters. The van der Waals surface area contributed by atoms with Crippen LogP contribution in [-0.4, -0.2) is 40.3 Å². The van der Waals surface area contributed by atoms with Crippen LogP contribution in [0.1, 0.15) is 24.7 Å². The molecule has 102 valence electrons. The highest BCUT2D eigenvalue weighted by Crippen LogP contribution is 2.27. The Morgan fingerprint density at radius 2 is 2.32 bits per heavy atom. The third-order valence-corrected chi connectivity index (χ3v) is 3.22. The fraction of sp³-hybridized carbons (Fsp3) is 0.583. The van der Waals surface area contributed by atoms with E-state index in [0.29, 0.717) is 30.0 Å². The number of rotatable bonds is 3. The van der Waals surface area contributed by atoms with E-state index in [4.69, 9.17) is 13.9 Å².